The quantitative estimate of drug-likeness (QED) is 0.444. The molecule has 0 fully saturated rings. The summed E-state index contributed by atoms with van der Waals surface area (Å²) in [6, 6.07) is -1.45. The van der Waals surface area contributed by atoms with Gasteiger partial charge in [0.15, 0.2) is 0 Å². The van der Waals surface area contributed by atoms with E-state index >= 15 is 0 Å². The molecule has 0 rings (SSSR count). The van der Waals surface area contributed by atoms with E-state index < -0.39 is 19.8 Å². The third-order valence-corrected chi connectivity index (χ3v) is 2.72. The van der Waals surface area contributed by atoms with Crippen LogP contribution in [-0.2, 0) is 13.9 Å². The van der Waals surface area contributed by atoms with Gasteiger partial charge in [0.25, 0.3) is 0 Å². The highest BCUT2D eigenvalue weighted by Crippen LogP contribution is 2.45. The van der Waals surface area contributed by atoms with Gasteiger partial charge in [-0.05, 0) is 6.42 Å². The Balaban J connectivity index is 4.64. The molecule has 3 N–H and O–H groups in total. The van der Waals surface area contributed by atoms with Crippen LogP contribution in [0.1, 0.15) is 13.3 Å². The number of hydroxylamine groups is 1. The molecule has 0 spiro atoms. The second kappa shape index (κ2) is 4.69. The van der Waals surface area contributed by atoms with Gasteiger partial charge < -0.3 is 15.2 Å². The molecule has 0 bridgehead atoms. The molecule has 0 aliphatic rings. The highest BCUT2D eigenvalue weighted by molar-refractivity contribution is 7.50. The first kappa shape index (κ1) is 12.5. The molecule has 0 aliphatic heterocycles. The largest absolute Gasteiger partial charge is 0.480 e. The lowest BCUT2D eigenvalue weighted by Crippen LogP contribution is -2.36. The molecule has 0 saturated heterocycles. The summed E-state index contributed by atoms with van der Waals surface area (Å²) in [4.78, 5) is 19.2. The second-order valence-corrected chi connectivity index (χ2v) is 4.01. The minimum Gasteiger partial charge on any atom is -0.480 e. The predicted octanol–water partition coefficient (Wildman–Crippen LogP) is 0.288. The third kappa shape index (κ3) is 3.06. The van der Waals surface area contributed by atoms with E-state index in [2.05, 4.69) is 4.52 Å². The molecule has 0 radical (unpaired) electrons. The minimum atomic E-state index is -4.38. The van der Waals surface area contributed by atoms with Crippen LogP contribution in [0.15, 0.2) is 0 Å². The van der Waals surface area contributed by atoms with Gasteiger partial charge in [0.2, 0.25) is 0 Å². The maximum atomic E-state index is 10.9. The number of rotatable bonds is 5. The predicted molar refractivity (Wildman–Crippen MR) is 42.2 cm³/mol. The van der Waals surface area contributed by atoms with Crippen molar-refractivity contribution in [3.63, 3.8) is 0 Å². The summed E-state index contributed by atoms with van der Waals surface area (Å²) < 4.78 is 15.0. The maximum Gasteiger partial charge on any atom is 0.429 e. The van der Waals surface area contributed by atoms with Crippen molar-refractivity contribution in [2.45, 2.75) is 19.4 Å². The molecule has 7 nitrogen and oxygen atoms in total. The number of nitrogens with zero attached hydrogens (tertiary/aromatic N) is 1. The van der Waals surface area contributed by atoms with Crippen LogP contribution in [0.25, 0.3) is 0 Å². The maximum absolute atomic E-state index is 10.9. The summed E-state index contributed by atoms with van der Waals surface area (Å²) in [6.07, 6.45) is -0.0141. The number of carboxylic acids is 1. The number of carboxylic acid groups (broad SMARTS) is 1. The number of aliphatic carboxylic acids is 1. The van der Waals surface area contributed by atoms with Crippen LogP contribution in [0, 0.1) is 0 Å². The van der Waals surface area contributed by atoms with Crippen LogP contribution in [0.5, 0.6) is 0 Å². The van der Waals surface area contributed by atoms with Gasteiger partial charge in [-0.25, -0.2) is 4.57 Å². The SMILES string of the molecule is CC[C@@H](C(=O)O)N(O)P(=O)(O)OC. The molecular weight excluding hydrogens is 201 g/mol. The van der Waals surface area contributed by atoms with Crippen molar-refractivity contribution in [1.82, 2.24) is 4.83 Å². The molecule has 0 saturated carbocycles. The van der Waals surface area contributed by atoms with Crippen LogP contribution < -0.4 is 0 Å². The van der Waals surface area contributed by atoms with Crippen LogP contribution in [0.3, 0.4) is 0 Å². The lowest BCUT2D eigenvalue weighted by atomic mass is 10.2. The molecule has 0 aromatic carbocycles. The van der Waals surface area contributed by atoms with Gasteiger partial charge in [0, 0.05) is 7.11 Å². The topological polar surface area (TPSA) is 107 Å². The lowest BCUT2D eigenvalue weighted by Gasteiger charge is -2.23. The van der Waals surface area contributed by atoms with Crippen molar-refractivity contribution in [3.05, 3.63) is 0 Å². The Labute approximate surface area is 75.1 Å². The lowest BCUT2D eigenvalue weighted by molar-refractivity contribution is -0.154. The summed E-state index contributed by atoms with van der Waals surface area (Å²) in [5.74, 6) is -1.39. The summed E-state index contributed by atoms with van der Waals surface area (Å²) >= 11 is 0. The average molecular weight is 213 g/mol. The highest BCUT2D eigenvalue weighted by atomic mass is 31.2. The molecule has 0 amide bonds. The van der Waals surface area contributed by atoms with Crippen molar-refractivity contribution in [2.24, 2.45) is 0 Å². The standard InChI is InChI=1S/C5H12NO6P/c1-3-4(5(7)8)6(9)13(10,11)12-2/h4,9H,3H2,1-2H3,(H,7,8)(H,10,11)/t4-/m0/s1. The summed E-state index contributed by atoms with van der Waals surface area (Å²) in [7, 11) is -3.48. The number of carbonyl (C=O) groups is 1. The van der Waals surface area contributed by atoms with E-state index in [0.717, 1.165) is 7.11 Å². The van der Waals surface area contributed by atoms with Crippen LogP contribution in [-0.4, -0.2) is 39.2 Å². The van der Waals surface area contributed by atoms with Gasteiger partial charge in [-0.15, -0.1) is 0 Å². The van der Waals surface area contributed by atoms with Gasteiger partial charge in [-0.1, -0.05) is 11.8 Å². The highest BCUT2D eigenvalue weighted by Gasteiger charge is 2.36. The average Bonchev–Trinajstić information content (AvgIpc) is 2.05. The number of hydrogen-bond acceptors (Lipinski definition) is 4. The minimum absolute atomic E-state index is 0.0141. The first-order valence-electron chi connectivity index (χ1n) is 3.46. The zero-order valence-electron chi connectivity index (χ0n) is 7.25. The van der Waals surface area contributed by atoms with Crippen molar-refractivity contribution in [3.8, 4) is 0 Å². The Bertz CT molecular complexity index is 231. The molecule has 0 heterocycles. The van der Waals surface area contributed by atoms with Crippen LogP contribution in [0.2, 0.25) is 0 Å². The second-order valence-electron chi connectivity index (χ2n) is 2.26. The van der Waals surface area contributed by atoms with Crippen molar-refractivity contribution in [1.29, 1.82) is 0 Å². The Morgan fingerprint density at radius 1 is 1.69 bits per heavy atom. The van der Waals surface area contributed by atoms with E-state index in [9.17, 15) is 9.36 Å². The van der Waals surface area contributed by atoms with Gasteiger partial charge in [-0.3, -0.25) is 9.32 Å². The van der Waals surface area contributed by atoms with E-state index in [1.807, 2.05) is 0 Å². The molecule has 13 heavy (non-hydrogen) atoms. The van der Waals surface area contributed by atoms with Gasteiger partial charge in [0.05, 0.1) is 0 Å². The molecule has 1 unspecified atom stereocenters. The van der Waals surface area contributed by atoms with Gasteiger partial charge in [0.1, 0.15) is 6.04 Å². The fraction of sp³-hybridized carbons (Fsp3) is 0.800. The zero-order chi connectivity index (χ0) is 10.6. The third-order valence-electron chi connectivity index (χ3n) is 1.45. The molecule has 8 heteroatoms. The summed E-state index contributed by atoms with van der Waals surface area (Å²) in [6.45, 7) is 1.46. The Hall–Kier alpha value is -0.460. The van der Waals surface area contributed by atoms with E-state index in [1.165, 1.54) is 6.92 Å². The molecule has 78 valence electrons. The van der Waals surface area contributed by atoms with Gasteiger partial charge >= 0.3 is 13.7 Å². The molecule has 0 aromatic heterocycles. The van der Waals surface area contributed by atoms with Crippen LogP contribution >= 0.6 is 7.75 Å². The normalized spacial score (nSPS) is 18.2. The summed E-state index contributed by atoms with van der Waals surface area (Å²) in [5, 5.41) is 17.5. The van der Waals surface area contributed by atoms with Crippen LogP contribution in [0.4, 0.5) is 0 Å². The van der Waals surface area contributed by atoms with E-state index in [4.69, 9.17) is 15.2 Å². The molecule has 0 aliphatic carbocycles. The molecule has 2 atom stereocenters. The Morgan fingerprint density at radius 3 is 2.38 bits per heavy atom. The van der Waals surface area contributed by atoms with Crippen molar-refractivity contribution in [2.75, 3.05) is 7.11 Å². The van der Waals surface area contributed by atoms with Crippen molar-refractivity contribution < 1.29 is 29.1 Å². The van der Waals surface area contributed by atoms with Gasteiger partial charge in [-0.2, -0.15) is 0 Å². The zero-order valence-corrected chi connectivity index (χ0v) is 8.14. The van der Waals surface area contributed by atoms with Crippen molar-refractivity contribution >= 4 is 13.7 Å². The Kier molecular flexibility index (Phi) is 4.52. The Morgan fingerprint density at radius 2 is 2.15 bits per heavy atom. The molecular formula is C5H12NO6P. The fourth-order valence-corrected chi connectivity index (χ4v) is 1.48. The fourth-order valence-electron chi connectivity index (χ4n) is 0.696. The van der Waals surface area contributed by atoms with E-state index in [1.54, 1.807) is 0 Å². The smallest absolute Gasteiger partial charge is 0.429 e. The number of hydrogen-bond donors (Lipinski definition) is 3. The first-order valence-corrected chi connectivity index (χ1v) is 4.99. The summed E-state index contributed by atoms with van der Waals surface area (Å²) in [5.41, 5.74) is 0. The first-order chi connectivity index (χ1) is 5.86. The monoisotopic (exact) mass is 213 g/mol. The molecule has 0 aromatic rings. The van der Waals surface area contributed by atoms with E-state index in [0.29, 0.717) is 0 Å². The van der Waals surface area contributed by atoms with E-state index in [-0.39, 0.29) is 11.3 Å².